The summed E-state index contributed by atoms with van der Waals surface area (Å²) in [5, 5.41) is 7.69. The molecular formula is C19H25N5O4. The molecule has 0 radical (unpaired) electrons. The van der Waals surface area contributed by atoms with Gasteiger partial charge in [0.1, 0.15) is 12.4 Å². The highest BCUT2D eigenvalue weighted by Crippen LogP contribution is 2.34. The third kappa shape index (κ3) is 4.08. The standard InChI is InChI=1S/C19H25N5O4/c1-12-20-21-17(28-12)10-23(4)18(25)9-14-11-27-16-7-6-13(19(26)22(2)3)8-15(16)24(14)5/h6-8,14H,9-11H2,1-5H3/t14-/m0/s1. The third-order valence-electron chi connectivity index (χ3n) is 4.75. The summed E-state index contributed by atoms with van der Waals surface area (Å²) in [4.78, 5) is 30.0. The highest BCUT2D eigenvalue weighted by molar-refractivity contribution is 5.95. The van der Waals surface area contributed by atoms with Gasteiger partial charge in [0.2, 0.25) is 17.7 Å². The highest BCUT2D eigenvalue weighted by Gasteiger charge is 2.29. The number of carbonyl (C=O) groups is 2. The summed E-state index contributed by atoms with van der Waals surface area (Å²) in [5.41, 5.74) is 1.38. The van der Waals surface area contributed by atoms with Crippen molar-refractivity contribution in [2.45, 2.75) is 25.9 Å². The molecule has 28 heavy (non-hydrogen) atoms. The van der Waals surface area contributed by atoms with E-state index in [1.54, 1.807) is 51.2 Å². The van der Waals surface area contributed by atoms with E-state index >= 15 is 0 Å². The van der Waals surface area contributed by atoms with E-state index < -0.39 is 0 Å². The predicted molar refractivity (Wildman–Crippen MR) is 102 cm³/mol. The number of anilines is 1. The van der Waals surface area contributed by atoms with Gasteiger partial charge in [0.15, 0.2) is 0 Å². The lowest BCUT2D eigenvalue weighted by Crippen LogP contribution is -2.44. The van der Waals surface area contributed by atoms with Crippen molar-refractivity contribution in [3.8, 4) is 5.75 Å². The molecule has 9 heteroatoms. The van der Waals surface area contributed by atoms with E-state index in [1.165, 1.54) is 4.90 Å². The number of fused-ring (bicyclic) bond motifs is 1. The number of likely N-dealkylation sites (N-methyl/N-ethyl adjacent to an activating group) is 1. The van der Waals surface area contributed by atoms with Gasteiger partial charge in [0.25, 0.3) is 5.91 Å². The third-order valence-corrected chi connectivity index (χ3v) is 4.75. The minimum absolute atomic E-state index is 0.0553. The van der Waals surface area contributed by atoms with E-state index in [9.17, 15) is 9.59 Å². The van der Waals surface area contributed by atoms with Gasteiger partial charge in [-0.2, -0.15) is 0 Å². The van der Waals surface area contributed by atoms with Crippen LogP contribution in [-0.2, 0) is 11.3 Å². The molecule has 9 nitrogen and oxygen atoms in total. The van der Waals surface area contributed by atoms with Gasteiger partial charge < -0.3 is 23.9 Å². The van der Waals surface area contributed by atoms with E-state index in [2.05, 4.69) is 10.2 Å². The Hall–Kier alpha value is -3.10. The fourth-order valence-corrected chi connectivity index (χ4v) is 3.05. The molecule has 0 saturated heterocycles. The van der Waals surface area contributed by atoms with Gasteiger partial charge in [0.05, 0.1) is 24.7 Å². The summed E-state index contributed by atoms with van der Waals surface area (Å²) in [7, 11) is 7.03. The maximum absolute atomic E-state index is 12.6. The molecule has 2 heterocycles. The van der Waals surface area contributed by atoms with Crippen molar-refractivity contribution in [3.63, 3.8) is 0 Å². The van der Waals surface area contributed by atoms with Crippen LogP contribution in [0.1, 0.15) is 28.6 Å². The smallest absolute Gasteiger partial charge is 0.253 e. The van der Waals surface area contributed by atoms with Gasteiger partial charge in [-0.05, 0) is 18.2 Å². The Labute approximate surface area is 163 Å². The molecule has 1 aliphatic heterocycles. The van der Waals surface area contributed by atoms with Gasteiger partial charge in [-0.1, -0.05) is 0 Å². The number of aromatic nitrogens is 2. The normalized spacial score (nSPS) is 15.6. The van der Waals surface area contributed by atoms with Crippen LogP contribution in [0.2, 0.25) is 0 Å². The highest BCUT2D eigenvalue weighted by atomic mass is 16.5. The first-order valence-corrected chi connectivity index (χ1v) is 9.00. The van der Waals surface area contributed by atoms with Crippen LogP contribution in [0.25, 0.3) is 0 Å². The van der Waals surface area contributed by atoms with Crippen molar-refractivity contribution in [2.75, 3.05) is 39.7 Å². The zero-order valence-electron chi connectivity index (χ0n) is 16.8. The van der Waals surface area contributed by atoms with Crippen molar-refractivity contribution in [3.05, 3.63) is 35.5 Å². The van der Waals surface area contributed by atoms with E-state index in [-0.39, 0.29) is 30.8 Å². The van der Waals surface area contributed by atoms with Crippen LogP contribution in [0, 0.1) is 6.92 Å². The number of rotatable bonds is 5. The van der Waals surface area contributed by atoms with Crippen LogP contribution in [-0.4, -0.2) is 72.7 Å². The molecule has 1 aliphatic rings. The molecule has 1 atom stereocenters. The SMILES string of the molecule is Cc1nnc(CN(C)C(=O)C[C@H]2COc3ccc(C(=O)N(C)C)cc3N2C)o1. The minimum Gasteiger partial charge on any atom is -0.489 e. The van der Waals surface area contributed by atoms with Gasteiger partial charge in [-0.3, -0.25) is 9.59 Å². The van der Waals surface area contributed by atoms with Crippen LogP contribution in [0.5, 0.6) is 5.75 Å². The lowest BCUT2D eigenvalue weighted by molar-refractivity contribution is -0.131. The Morgan fingerprint density at radius 2 is 2.00 bits per heavy atom. The zero-order valence-corrected chi connectivity index (χ0v) is 16.8. The lowest BCUT2D eigenvalue weighted by atomic mass is 10.1. The van der Waals surface area contributed by atoms with Crippen molar-refractivity contribution >= 4 is 17.5 Å². The van der Waals surface area contributed by atoms with Crippen LogP contribution >= 0.6 is 0 Å². The molecule has 1 aromatic carbocycles. The fourth-order valence-electron chi connectivity index (χ4n) is 3.05. The largest absolute Gasteiger partial charge is 0.489 e. The number of benzene rings is 1. The molecule has 2 amide bonds. The molecule has 3 rings (SSSR count). The van der Waals surface area contributed by atoms with Crippen molar-refractivity contribution in [2.24, 2.45) is 0 Å². The quantitative estimate of drug-likeness (QED) is 0.764. The molecule has 0 N–H and O–H groups in total. The Morgan fingerprint density at radius 1 is 1.25 bits per heavy atom. The second kappa shape index (κ2) is 7.87. The first-order valence-electron chi connectivity index (χ1n) is 9.00. The molecule has 150 valence electrons. The van der Waals surface area contributed by atoms with Crippen LogP contribution < -0.4 is 9.64 Å². The summed E-state index contributed by atoms with van der Waals surface area (Å²) in [6, 6.07) is 5.21. The van der Waals surface area contributed by atoms with E-state index in [0.29, 0.717) is 29.7 Å². The molecule has 2 aromatic rings. The predicted octanol–water partition coefficient (Wildman–Crippen LogP) is 1.33. The maximum atomic E-state index is 12.6. The summed E-state index contributed by atoms with van der Waals surface area (Å²) in [5.74, 6) is 1.44. The second-order valence-electron chi connectivity index (χ2n) is 7.13. The van der Waals surface area contributed by atoms with Crippen molar-refractivity contribution in [1.82, 2.24) is 20.0 Å². The van der Waals surface area contributed by atoms with E-state index in [1.807, 2.05) is 11.9 Å². The summed E-state index contributed by atoms with van der Waals surface area (Å²) >= 11 is 0. The van der Waals surface area contributed by atoms with Crippen molar-refractivity contribution in [1.29, 1.82) is 0 Å². The average Bonchev–Trinajstić information content (AvgIpc) is 3.07. The number of ether oxygens (including phenoxy) is 1. The fraction of sp³-hybridized carbons (Fsp3) is 0.474. The van der Waals surface area contributed by atoms with Crippen LogP contribution in [0.3, 0.4) is 0 Å². The van der Waals surface area contributed by atoms with E-state index in [4.69, 9.17) is 9.15 Å². The molecule has 0 bridgehead atoms. The second-order valence-corrected chi connectivity index (χ2v) is 7.13. The molecule has 0 saturated carbocycles. The number of amides is 2. The Balaban J connectivity index is 1.69. The molecular weight excluding hydrogens is 362 g/mol. The van der Waals surface area contributed by atoms with Gasteiger partial charge in [0, 0.05) is 40.7 Å². The molecule has 1 aromatic heterocycles. The van der Waals surface area contributed by atoms with Gasteiger partial charge in [-0.15, -0.1) is 10.2 Å². The summed E-state index contributed by atoms with van der Waals surface area (Å²) in [6.07, 6.45) is 0.269. The first-order chi connectivity index (χ1) is 13.3. The Bertz CT molecular complexity index is 879. The number of hydrogen-bond acceptors (Lipinski definition) is 7. The maximum Gasteiger partial charge on any atom is 0.253 e. The minimum atomic E-state index is -0.142. The monoisotopic (exact) mass is 387 g/mol. The molecule has 0 aliphatic carbocycles. The number of aryl methyl sites for hydroxylation is 1. The Kier molecular flexibility index (Phi) is 5.53. The van der Waals surface area contributed by atoms with Gasteiger partial charge >= 0.3 is 0 Å². The first kappa shape index (κ1) is 19.7. The number of nitrogens with zero attached hydrogens (tertiary/aromatic N) is 5. The summed E-state index contributed by atoms with van der Waals surface area (Å²) in [6.45, 7) is 2.36. The molecule has 0 fully saturated rings. The van der Waals surface area contributed by atoms with E-state index in [0.717, 1.165) is 5.69 Å². The molecule has 0 unspecified atom stereocenters. The van der Waals surface area contributed by atoms with Crippen LogP contribution in [0.15, 0.2) is 22.6 Å². The number of hydrogen-bond donors (Lipinski definition) is 0. The zero-order chi connectivity index (χ0) is 20.4. The number of carbonyl (C=O) groups excluding carboxylic acids is 2. The summed E-state index contributed by atoms with van der Waals surface area (Å²) < 4.78 is 11.2. The van der Waals surface area contributed by atoms with Gasteiger partial charge in [-0.25, -0.2) is 0 Å². The topological polar surface area (TPSA) is 92.0 Å². The average molecular weight is 387 g/mol. The lowest BCUT2D eigenvalue weighted by Gasteiger charge is -2.36. The molecule has 0 spiro atoms. The Morgan fingerprint density at radius 3 is 2.64 bits per heavy atom. The van der Waals surface area contributed by atoms with Crippen molar-refractivity contribution < 1.29 is 18.7 Å². The van der Waals surface area contributed by atoms with Crippen LogP contribution in [0.4, 0.5) is 5.69 Å².